The third-order valence-corrected chi connectivity index (χ3v) is 3.46. The van der Waals surface area contributed by atoms with Crippen molar-refractivity contribution >= 4 is 17.7 Å². The van der Waals surface area contributed by atoms with E-state index in [1.807, 2.05) is 42.1 Å². The summed E-state index contributed by atoms with van der Waals surface area (Å²) in [5, 5.41) is 3.04. The quantitative estimate of drug-likeness (QED) is 0.802. The Hall–Kier alpha value is -0.960. The Labute approximate surface area is 88.1 Å². The third-order valence-electron chi connectivity index (χ3n) is 2.30. The Kier molecular flexibility index (Phi) is 3.09. The molecule has 0 unspecified atom stereocenters. The summed E-state index contributed by atoms with van der Waals surface area (Å²) < 4.78 is 0. The van der Waals surface area contributed by atoms with Gasteiger partial charge >= 0.3 is 0 Å². The van der Waals surface area contributed by atoms with Crippen molar-refractivity contribution in [2.45, 2.75) is 12.5 Å². The summed E-state index contributed by atoms with van der Waals surface area (Å²) in [6.07, 6.45) is 1.10. The van der Waals surface area contributed by atoms with Gasteiger partial charge in [0, 0.05) is 17.4 Å². The molecular weight excluding hydrogens is 194 g/mol. The predicted molar refractivity (Wildman–Crippen MR) is 59.6 cm³/mol. The molecule has 1 saturated heterocycles. The van der Waals surface area contributed by atoms with Gasteiger partial charge in [0.05, 0.1) is 0 Å². The van der Waals surface area contributed by atoms with Crippen molar-refractivity contribution in [2.75, 3.05) is 11.5 Å². The van der Waals surface area contributed by atoms with E-state index in [0.717, 1.165) is 17.7 Å². The molecule has 2 nitrogen and oxygen atoms in total. The molecule has 0 radical (unpaired) electrons. The number of thioether (sulfide) groups is 1. The molecule has 1 heterocycles. The van der Waals surface area contributed by atoms with Gasteiger partial charge in [0.15, 0.2) is 0 Å². The standard InChI is InChI=1S/C11H13NOS/c13-11(9-4-2-1-3-5-9)12-10-6-7-14-8-10/h1-5,10H,6-8H2,(H,12,13)/t10-/m1/s1. The molecule has 1 aliphatic heterocycles. The van der Waals surface area contributed by atoms with Crippen LogP contribution in [0.15, 0.2) is 30.3 Å². The van der Waals surface area contributed by atoms with Crippen LogP contribution in [0.5, 0.6) is 0 Å². The van der Waals surface area contributed by atoms with Crippen molar-refractivity contribution in [3.05, 3.63) is 35.9 Å². The van der Waals surface area contributed by atoms with E-state index in [0.29, 0.717) is 6.04 Å². The zero-order valence-electron chi connectivity index (χ0n) is 7.90. The third kappa shape index (κ3) is 2.29. The summed E-state index contributed by atoms with van der Waals surface area (Å²) in [5.41, 5.74) is 0.754. The number of carbonyl (C=O) groups excluding carboxylic acids is 1. The number of benzene rings is 1. The Balaban J connectivity index is 1.95. The van der Waals surface area contributed by atoms with E-state index in [1.54, 1.807) is 0 Å². The summed E-state index contributed by atoms with van der Waals surface area (Å²) in [6.45, 7) is 0. The fourth-order valence-electron chi connectivity index (χ4n) is 1.51. The van der Waals surface area contributed by atoms with E-state index < -0.39 is 0 Å². The Morgan fingerprint density at radius 1 is 1.36 bits per heavy atom. The number of hydrogen-bond donors (Lipinski definition) is 1. The molecule has 1 atom stereocenters. The van der Waals surface area contributed by atoms with Crippen molar-refractivity contribution in [2.24, 2.45) is 0 Å². The lowest BCUT2D eigenvalue weighted by Crippen LogP contribution is -2.34. The maximum Gasteiger partial charge on any atom is 0.251 e. The molecule has 1 fully saturated rings. The van der Waals surface area contributed by atoms with E-state index in [1.165, 1.54) is 5.75 Å². The summed E-state index contributed by atoms with van der Waals surface area (Å²) in [7, 11) is 0. The molecule has 0 saturated carbocycles. The molecule has 14 heavy (non-hydrogen) atoms. The minimum atomic E-state index is 0.0538. The summed E-state index contributed by atoms with van der Waals surface area (Å²) in [4.78, 5) is 11.7. The average molecular weight is 207 g/mol. The highest BCUT2D eigenvalue weighted by atomic mass is 32.2. The Morgan fingerprint density at radius 3 is 2.79 bits per heavy atom. The Morgan fingerprint density at radius 2 is 2.14 bits per heavy atom. The second-order valence-electron chi connectivity index (χ2n) is 3.40. The first-order valence-electron chi connectivity index (χ1n) is 4.80. The lowest BCUT2D eigenvalue weighted by atomic mass is 10.2. The summed E-state index contributed by atoms with van der Waals surface area (Å²) in [6, 6.07) is 9.75. The topological polar surface area (TPSA) is 29.1 Å². The molecule has 1 N–H and O–H groups in total. The lowest BCUT2D eigenvalue weighted by molar-refractivity contribution is 0.0941. The molecule has 0 aromatic heterocycles. The average Bonchev–Trinajstić information content (AvgIpc) is 2.72. The van der Waals surface area contributed by atoms with E-state index in [2.05, 4.69) is 5.32 Å². The highest BCUT2D eigenvalue weighted by molar-refractivity contribution is 7.99. The number of rotatable bonds is 2. The molecule has 1 aromatic carbocycles. The van der Waals surface area contributed by atoms with Gasteiger partial charge in [0.25, 0.3) is 5.91 Å². The lowest BCUT2D eigenvalue weighted by Gasteiger charge is -2.10. The highest BCUT2D eigenvalue weighted by Gasteiger charge is 2.17. The van der Waals surface area contributed by atoms with Crippen molar-refractivity contribution in [1.82, 2.24) is 5.32 Å². The smallest absolute Gasteiger partial charge is 0.251 e. The van der Waals surface area contributed by atoms with Crippen LogP contribution in [0.1, 0.15) is 16.8 Å². The molecule has 1 amide bonds. The first-order valence-corrected chi connectivity index (χ1v) is 5.95. The minimum Gasteiger partial charge on any atom is -0.348 e. The van der Waals surface area contributed by atoms with Crippen molar-refractivity contribution in [3.8, 4) is 0 Å². The molecule has 1 aromatic rings. The summed E-state index contributed by atoms with van der Waals surface area (Å²) in [5.74, 6) is 2.27. The molecule has 74 valence electrons. The van der Waals surface area contributed by atoms with Crippen LogP contribution < -0.4 is 5.32 Å². The second kappa shape index (κ2) is 4.51. The van der Waals surface area contributed by atoms with Crippen LogP contribution in [-0.2, 0) is 0 Å². The van der Waals surface area contributed by atoms with Crippen LogP contribution in [-0.4, -0.2) is 23.5 Å². The number of carbonyl (C=O) groups is 1. The fraction of sp³-hybridized carbons (Fsp3) is 0.364. The van der Waals surface area contributed by atoms with Gasteiger partial charge in [-0.25, -0.2) is 0 Å². The van der Waals surface area contributed by atoms with Crippen LogP contribution in [0.3, 0.4) is 0 Å². The fourth-order valence-corrected chi connectivity index (χ4v) is 2.66. The van der Waals surface area contributed by atoms with Crippen LogP contribution in [0, 0.1) is 0 Å². The van der Waals surface area contributed by atoms with Gasteiger partial charge in [-0.3, -0.25) is 4.79 Å². The van der Waals surface area contributed by atoms with Gasteiger partial charge in [-0.2, -0.15) is 11.8 Å². The molecule has 0 spiro atoms. The minimum absolute atomic E-state index is 0.0538. The monoisotopic (exact) mass is 207 g/mol. The van der Waals surface area contributed by atoms with Crippen molar-refractivity contribution in [1.29, 1.82) is 0 Å². The largest absolute Gasteiger partial charge is 0.348 e. The van der Waals surface area contributed by atoms with E-state index in [9.17, 15) is 4.79 Å². The first-order chi connectivity index (χ1) is 6.86. The van der Waals surface area contributed by atoms with Crippen LogP contribution >= 0.6 is 11.8 Å². The number of amides is 1. The zero-order valence-corrected chi connectivity index (χ0v) is 8.72. The molecule has 2 rings (SSSR count). The van der Waals surface area contributed by atoms with Gasteiger partial charge in [-0.05, 0) is 24.3 Å². The van der Waals surface area contributed by atoms with Gasteiger partial charge in [-0.1, -0.05) is 18.2 Å². The van der Waals surface area contributed by atoms with E-state index in [4.69, 9.17) is 0 Å². The molecular formula is C11H13NOS. The van der Waals surface area contributed by atoms with E-state index in [-0.39, 0.29) is 5.91 Å². The van der Waals surface area contributed by atoms with Crippen molar-refractivity contribution < 1.29 is 4.79 Å². The zero-order chi connectivity index (χ0) is 9.80. The van der Waals surface area contributed by atoms with Gasteiger partial charge in [-0.15, -0.1) is 0 Å². The number of nitrogens with one attached hydrogen (secondary N) is 1. The summed E-state index contributed by atoms with van der Waals surface area (Å²) >= 11 is 1.90. The molecule has 0 aliphatic carbocycles. The molecule has 0 bridgehead atoms. The van der Waals surface area contributed by atoms with Crippen LogP contribution in [0.2, 0.25) is 0 Å². The Bertz CT molecular complexity index is 306. The van der Waals surface area contributed by atoms with Gasteiger partial charge in [0.1, 0.15) is 0 Å². The van der Waals surface area contributed by atoms with Gasteiger partial charge in [0.2, 0.25) is 0 Å². The second-order valence-corrected chi connectivity index (χ2v) is 4.55. The van der Waals surface area contributed by atoms with Crippen LogP contribution in [0.25, 0.3) is 0 Å². The molecule has 3 heteroatoms. The van der Waals surface area contributed by atoms with E-state index >= 15 is 0 Å². The first kappa shape index (κ1) is 9.59. The van der Waals surface area contributed by atoms with Crippen LogP contribution in [0.4, 0.5) is 0 Å². The molecule has 1 aliphatic rings. The normalized spacial score (nSPS) is 20.7. The van der Waals surface area contributed by atoms with Crippen molar-refractivity contribution in [3.63, 3.8) is 0 Å². The number of hydrogen-bond acceptors (Lipinski definition) is 2. The highest BCUT2D eigenvalue weighted by Crippen LogP contribution is 2.17. The maximum absolute atomic E-state index is 11.7. The van der Waals surface area contributed by atoms with Gasteiger partial charge < -0.3 is 5.32 Å². The maximum atomic E-state index is 11.7. The SMILES string of the molecule is O=C(N[C@@H]1CCSC1)c1ccccc1. The predicted octanol–water partition coefficient (Wildman–Crippen LogP) is 1.92.